The molecule has 0 saturated heterocycles. The Hall–Kier alpha value is -0.380. The zero-order chi connectivity index (χ0) is 9.35. The van der Waals surface area contributed by atoms with Crippen LogP contribution >= 0.6 is 15.9 Å². The lowest BCUT2D eigenvalue weighted by Crippen LogP contribution is -2.13. The van der Waals surface area contributed by atoms with Gasteiger partial charge in [-0.1, -0.05) is 20.8 Å². The smallest absolute Gasteiger partial charge is 0.217 e. The van der Waals surface area contributed by atoms with Crippen LogP contribution < -0.4 is 0 Å². The molecule has 68 valence electrons. The van der Waals surface area contributed by atoms with E-state index in [4.69, 9.17) is 0 Å². The zero-order valence-corrected chi connectivity index (χ0v) is 9.51. The molecule has 0 aliphatic rings. The van der Waals surface area contributed by atoms with Crippen LogP contribution in [0.2, 0.25) is 0 Å². The van der Waals surface area contributed by atoms with Crippen molar-refractivity contribution >= 4 is 15.9 Å². The van der Waals surface area contributed by atoms with E-state index in [0.29, 0.717) is 4.73 Å². The number of nitrogens with zero attached hydrogens (tertiary/aromatic N) is 3. The fraction of sp³-hybridized carbons (Fsp3) is 0.750. The fourth-order valence-corrected chi connectivity index (χ4v) is 1.45. The molecule has 0 spiro atoms. The van der Waals surface area contributed by atoms with Crippen molar-refractivity contribution in [2.24, 2.45) is 12.5 Å². The molecule has 0 unspecified atom stereocenters. The van der Waals surface area contributed by atoms with Crippen molar-refractivity contribution in [1.29, 1.82) is 0 Å². The largest absolute Gasteiger partial charge is 0.252 e. The lowest BCUT2D eigenvalue weighted by molar-refractivity contribution is 0.392. The number of hydrogen-bond acceptors (Lipinski definition) is 2. The summed E-state index contributed by atoms with van der Waals surface area (Å²) in [7, 11) is 1.92. The van der Waals surface area contributed by atoms with Crippen LogP contribution in [0.4, 0.5) is 0 Å². The van der Waals surface area contributed by atoms with E-state index >= 15 is 0 Å². The van der Waals surface area contributed by atoms with Gasteiger partial charge in [0.1, 0.15) is 5.82 Å². The highest BCUT2D eigenvalue weighted by Crippen LogP contribution is 2.19. The molecule has 1 aromatic rings. The maximum atomic E-state index is 4.26. The Morgan fingerprint density at radius 2 is 2.00 bits per heavy atom. The first-order valence-corrected chi connectivity index (χ1v) is 4.73. The van der Waals surface area contributed by atoms with Gasteiger partial charge in [-0.2, -0.15) is 0 Å². The molecule has 1 aromatic heterocycles. The monoisotopic (exact) mass is 231 g/mol. The van der Waals surface area contributed by atoms with E-state index in [-0.39, 0.29) is 5.41 Å². The normalized spacial score (nSPS) is 12.1. The van der Waals surface area contributed by atoms with Crippen LogP contribution in [0.1, 0.15) is 26.6 Å². The molecule has 3 nitrogen and oxygen atoms in total. The third-order valence-corrected chi connectivity index (χ3v) is 1.85. The fourth-order valence-electron chi connectivity index (χ4n) is 1.01. The highest BCUT2D eigenvalue weighted by atomic mass is 79.9. The Bertz CT molecular complexity index is 272. The van der Waals surface area contributed by atoms with Crippen LogP contribution in [0.3, 0.4) is 0 Å². The van der Waals surface area contributed by atoms with Gasteiger partial charge >= 0.3 is 0 Å². The van der Waals surface area contributed by atoms with E-state index in [1.165, 1.54) is 0 Å². The summed E-state index contributed by atoms with van der Waals surface area (Å²) >= 11 is 3.25. The van der Waals surface area contributed by atoms with Crippen LogP contribution in [0.25, 0.3) is 0 Å². The molecule has 0 saturated carbocycles. The second-order valence-corrected chi connectivity index (χ2v) is 4.87. The molecular weight excluding hydrogens is 218 g/mol. The molecule has 4 heteroatoms. The summed E-state index contributed by atoms with van der Waals surface area (Å²) < 4.78 is 2.49. The van der Waals surface area contributed by atoms with Gasteiger partial charge in [-0.25, -0.2) is 4.98 Å². The molecule has 0 N–H and O–H groups in total. The molecule has 0 fully saturated rings. The van der Waals surface area contributed by atoms with Crippen molar-refractivity contribution in [3.63, 3.8) is 0 Å². The van der Waals surface area contributed by atoms with Gasteiger partial charge < -0.3 is 0 Å². The van der Waals surface area contributed by atoms with Gasteiger partial charge in [0.15, 0.2) is 0 Å². The van der Waals surface area contributed by atoms with E-state index < -0.39 is 0 Å². The molecule has 0 atom stereocenters. The Morgan fingerprint density at radius 3 is 2.33 bits per heavy atom. The van der Waals surface area contributed by atoms with Crippen LogP contribution in [0.15, 0.2) is 4.73 Å². The first-order valence-electron chi connectivity index (χ1n) is 3.94. The molecular formula is C8H14BrN3. The minimum Gasteiger partial charge on any atom is -0.252 e. The van der Waals surface area contributed by atoms with Crippen molar-refractivity contribution < 1.29 is 0 Å². The molecule has 0 aliphatic heterocycles. The second-order valence-electron chi connectivity index (χ2n) is 4.16. The van der Waals surface area contributed by atoms with Gasteiger partial charge in [0.2, 0.25) is 4.73 Å². The molecule has 0 aliphatic carbocycles. The van der Waals surface area contributed by atoms with E-state index in [2.05, 4.69) is 46.8 Å². The van der Waals surface area contributed by atoms with Gasteiger partial charge in [0.05, 0.1) is 0 Å². The van der Waals surface area contributed by atoms with Gasteiger partial charge in [-0.15, -0.1) is 5.10 Å². The molecule has 1 heterocycles. The molecule has 0 aromatic carbocycles. The number of hydrogen-bond donors (Lipinski definition) is 0. The minimum atomic E-state index is 0.264. The van der Waals surface area contributed by atoms with Crippen molar-refractivity contribution in [2.45, 2.75) is 27.2 Å². The van der Waals surface area contributed by atoms with Crippen molar-refractivity contribution in [3.05, 3.63) is 10.6 Å². The van der Waals surface area contributed by atoms with Crippen molar-refractivity contribution in [1.82, 2.24) is 14.8 Å². The van der Waals surface area contributed by atoms with E-state index in [1.807, 2.05) is 11.7 Å². The van der Waals surface area contributed by atoms with Gasteiger partial charge in [0, 0.05) is 13.5 Å². The number of halogens is 1. The quantitative estimate of drug-likeness (QED) is 0.742. The van der Waals surface area contributed by atoms with E-state index in [0.717, 1.165) is 12.2 Å². The molecule has 0 bridgehead atoms. The zero-order valence-electron chi connectivity index (χ0n) is 7.93. The Labute approximate surface area is 81.3 Å². The van der Waals surface area contributed by atoms with Gasteiger partial charge in [-0.05, 0) is 21.3 Å². The van der Waals surface area contributed by atoms with E-state index in [1.54, 1.807) is 0 Å². The molecule has 1 rings (SSSR count). The second kappa shape index (κ2) is 3.17. The summed E-state index contributed by atoms with van der Waals surface area (Å²) in [6.45, 7) is 6.57. The predicted octanol–water partition coefficient (Wildman–Crippen LogP) is 2.17. The third kappa shape index (κ3) is 2.59. The summed E-state index contributed by atoms with van der Waals surface area (Å²) in [6, 6.07) is 0. The number of aryl methyl sites for hydroxylation is 1. The number of rotatable bonds is 1. The Balaban J connectivity index is 2.82. The van der Waals surface area contributed by atoms with Crippen molar-refractivity contribution in [2.75, 3.05) is 0 Å². The minimum absolute atomic E-state index is 0.264. The first-order chi connectivity index (χ1) is 5.38. The summed E-state index contributed by atoms with van der Waals surface area (Å²) in [5.41, 5.74) is 0.264. The predicted molar refractivity (Wildman–Crippen MR) is 51.9 cm³/mol. The molecule has 0 amide bonds. The SMILES string of the molecule is Cn1nc(Br)nc1CC(C)(C)C. The number of aromatic nitrogens is 3. The van der Waals surface area contributed by atoms with Gasteiger partial charge in [-0.3, -0.25) is 4.68 Å². The topological polar surface area (TPSA) is 30.7 Å². The summed E-state index contributed by atoms with van der Waals surface area (Å²) in [5.74, 6) is 1.02. The maximum Gasteiger partial charge on any atom is 0.217 e. The summed E-state index contributed by atoms with van der Waals surface area (Å²) in [4.78, 5) is 4.26. The van der Waals surface area contributed by atoms with Crippen LogP contribution in [0, 0.1) is 5.41 Å². The van der Waals surface area contributed by atoms with Gasteiger partial charge in [0.25, 0.3) is 0 Å². The summed E-state index contributed by atoms with van der Waals surface area (Å²) in [5, 5.41) is 4.12. The standard InChI is InChI=1S/C8H14BrN3/c1-8(2,3)5-6-10-7(9)11-12(6)4/h5H2,1-4H3. The van der Waals surface area contributed by atoms with Crippen LogP contribution in [-0.2, 0) is 13.5 Å². The summed E-state index contributed by atoms with van der Waals surface area (Å²) in [6.07, 6.45) is 0.947. The lowest BCUT2D eigenvalue weighted by Gasteiger charge is -2.16. The average molecular weight is 232 g/mol. The average Bonchev–Trinajstić information content (AvgIpc) is 2.06. The van der Waals surface area contributed by atoms with Crippen LogP contribution in [-0.4, -0.2) is 14.8 Å². The lowest BCUT2D eigenvalue weighted by atomic mass is 9.92. The third-order valence-electron chi connectivity index (χ3n) is 1.52. The molecule has 0 radical (unpaired) electrons. The van der Waals surface area contributed by atoms with Crippen molar-refractivity contribution in [3.8, 4) is 0 Å². The highest BCUT2D eigenvalue weighted by molar-refractivity contribution is 9.10. The first kappa shape index (κ1) is 9.71. The van der Waals surface area contributed by atoms with E-state index in [9.17, 15) is 0 Å². The Morgan fingerprint density at radius 1 is 1.42 bits per heavy atom. The highest BCUT2D eigenvalue weighted by Gasteiger charge is 2.15. The van der Waals surface area contributed by atoms with Crippen LogP contribution in [0.5, 0.6) is 0 Å². The Kier molecular flexibility index (Phi) is 2.56. The molecule has 12 heavy (non-hydrogen) atoms. The maximum absolute atomic E-state index is 4.26.